The predicted octanol–water partition coefficient (Wildman–Crippen LogP) is 4.16. The van der Waals surface area contributed by atoms with Gasteiger partial charge in [0.25, 0.3) is 0 Å². The van der Waals surface area contributed by atoms with Crippen LogP contribution in [-0.4, -0.2) is 12.1 Å². The molecule has 2 aliphatic rings. The molecule has 0 bridgehead atoms. The number of rotatable bonds is 4. The number of hydrogen-bond acceptors (Lipinski definition) is 2. The van der Waals surface area contributed by atoms with E-state index in [-0.39, 0.29) is 6.10 Å². The van der Waals surface area contributed by atoms with Crippen LogP contribution in [0, 0.1) is 18.8 Å². The Bertz CT molecular complexity index is 492. The van der Waals surface area contributed by atoms with Crippen molar-refractivity contribution in [2.24, 2.45) is 11.8 Å². The summed E-state index contributed by atoms with van der Waals surface area (Å²) in [6, 6.07) is 6.97. The molecule has 0 heterocycles. The van der Waals surface area contributed by atoms with Crippen molar-refractivity contribution < 1.29 is 4.74 Å². The molecule has 19 heavy (non-hydrogen) atoms. The van der Waals surface area contributed by atoms with E-state index in [0.717, 1.165) is 17.6 Å². The van der Waals surface area contributed by atoms with Crippen LogP contribution in [0.25, 0.3) is 0 Å². The molecule has 0 radical (unpaired) electrons. The van der Waals surface area contributed by atoms with E-state index in [4.69, 9.17) is 4.74 Å². The summed E-state index contributed by atoms with van der Waals surface area (Å²) in [4.78, 5) is 0. The summed E-state index contributed by atoms with van der Waals surface area (Å²) >= 11 is 0. The summed E-state index contributed by atoms with van der Waals surface area (Å²) in [7, 11) is 0. The van der Waals surface area contributed by atoms with Crippen LogP contribution in [0.2, 0.25) is 0 Å². The second-order valence-corrected chi connectivity index (χ2v) is 6.13. The molecule has 3 rings (SSSR count). The Hall–Kier alpha value is -1.44. The highest BCUT2D eigenvalue weighted by Gasteiger charge is 2.40. The number of nitrogens with one attached hydrogen (secondary N) is 1. The van der Waals surface area contributed by atoms with Crippen LogP contribution < -0.4 is 10.1 Å². The van der Waals surface area contributed by atoms with Crippen molar-refractivity contribution in [3.05, 3.63) is 35.9 Å². The summed E-state index contributed by atoms with van der Waals surface area (Å²) in [5.74, 6) is 2.62. The van der Waals surface area contributed by atoms with Crippen LogP contribution in [0.15, 0.2) is 30.4 Å². The highest BCUT2D eigenvalue weighted by atomic mass is 16.5. The Labute approximate surface area is 115 Å². The van der Waals surface area contributed by atoms with Crippen LogP contribution in [0.5, 0.6) is 5.75 Å². The summed E-state index contributed by atoms with van der Waals surface area (Å²) < 4.78 is 5.73. The lowest BCUT2D eigenvalue weighted by atomic mass is 9.71. The molecule has 1 fully saturated rings. The van der Waals surface area contributed by atoms with Gasteiger partial charge in [0.1, 0.15) is 5.75 Å². The summed E-state index contributed by atoms with van der Waals surface area (Å²) in [5, 5.41) is 3.69. The maximum Gasteiger partial charge on any atom is 0.120 e. The molecule has 0 aliphatic heterocycles. The Balaban J connectivity index is 1.66. The van der Waals surface area contributed by atoms with Crippen LogP contribution in [0.4, 0.5) is 5.69 Å². The van der Waals surface area contributed by atoms with Crippen molar-refractivity contribution in [3.63, 3.8) is 0 Å². The van der Waals surface area contributed by atoms with E-state index >= 15 is 0 Å². The Morgan fingerprint density at radius 1 is 1.32 bits per heavy atom. The minimum Gasteiger partial charge on any atom is -0.491 e. The molecular formula is C17H23NO. The fourth-order valence-corrected chi connectivity index (χ4v) is 3.23. The van der Waals surface area contributed by atoms with Gasteiger partial charge in [0.05, 0.1) is 6.10 Å². The van der Waals surface area contributed by atoms with Gasteiger partial charge in [-0.3, -0.25) is 0 Å². The van der Waals surface area contributed by atoms with Crippen LogP contribution in [-0.2, 0) is 0 Å². The zero-order chi connectivity index (χ0) is 13.4. The normalized spacial score (nSPS) is 28.1. The number of hydrogen-bond donors (Lipinski definition) is 1. The lowest BCUT2D eigenvalue weighted by molar-refractivity contribution is 0.217. The molecule has 0 aromatic heterocycles. The largest absolute Gasteiger partial charge is 0.491 e. The lowest BCUT2D eigenvalue weighted by Crippen LogP contribution is -2.43. The Kier molecular flexibility index (Phi) is 3.26. The molecule has 3 unspecified atom stereocenters. The highest BCUT2D eigenvalue weighted by Crippen LogP contribution is 2.44. The van der Waals surface area contributed by atoms with Gasteiger partial charge in [-0.15, -0.1) is 0 Å². The topological polar surface area (TPSA) is 21.3 Å². The fraction of sp³-hybridized carbons (Fsp3) is 0.529. The molecule has 0 spiro atoms. The van der Waals surface area contributed by atoms with E-state index in [1.807, 2.05) is 0 Å². The van der Waals surface area contributed by atoms with E-state index in [1.54, 1.807) is 0 Å². The van der Waals surface area contributed by atoms with Crippen molar-refractivity contribution in [3.8, 4) is 5.75 Å². The summed E-state index contributed by atoms with van der Waals surface area (Å²) in [5.41, 5.74) is 2.52. The molecule has 102 valence electrons. The quantitative estimate of drug-likeness (QED) is 0.818. The molecule has 0 saturated heterocycles. The first kappa shape index (κ1) is 12.6. The maximum atomic E-state index is 5.73. The molecule has 2 heteroatoms. The fourth-order valence-electron chi connectivity index (χ4n) is 3.23. The van der Waals surface area contributed by atoms with E-state index in [2.05, 4.69) is 56.4 Å². The zero-order valence-electron chi connectivity index (χ0n) is 12.0. The lowest BCUT2D eigenvalue weighted by Gasteiger charge is -2.41. The average molecular weight is 257 g/mol. The van der Waals surface area contributed by atoms with Gasteiger partial charge in [-0.1, -0.05) is 12.2 Å². The number of fused-ring (bicyclic) bond motifs is 1. The van der Waals surface area contributed by atoms with Gasteiger partial charge in [0.15, 0.2) is 0 Å². The van der Waals surface area contributed by atoms with Crippen molar-refractivity contribution in [1.29, 1.82) is 0 Å². The monoisotopic (exact) mass is 257 g/mol. The summed E-state index contributed by atoms with van der Waals surface area (Å²) in [6.45, 7) is 6.26. The first-order valence-corrected chi connectivity index (χ1v) is 7.34. The van der Waals surface area contributed by atoms with E-state index in [0.29, 0.717) is 6.04 Å². The van der Waals surface area contributed by atoms with Gasteiger partial charge in [-0.05, 0) is 63.3 Å². The zero-order valence-corrected chi connectivity index (χ0v) is 12.0. The van der Waals surface area contributed by atoms with Gasteiger partial charge in [-0.2, -0.15) is 0 Å². The van der Waals surface area contributed by atoms with E-state index in [9.17, 15) is 0 Å². The maximum absolute atomic E-state index is 5.73. The molecule has 3 atom stereocenters. The second-order valence-electron chi connectivity index (χ2n) is 6.13. The van der Waals surface area contributed by atoms with Gasteiger partial charge < -0.3 is 10.1 Å². The molecule has 2 aliphatic carbocycles. The summed E-state index contributed by atoms with van der Waals surface area (Å²) in [6.07, 6.45) is 7.54. The van der Waals surface area contributed by atoms with Crippen LogP contribution in [0.3, 0.4) is 0 Å². The molecule has 0 amide bonds. The van der Waals surface area contributed by atoms with E-state index in [1.165, 1.54) is 24.1 Å². The highest BCUT2D eigenvalue weighted by molar-refractivity contribution is 5.55. The SMILES string of the molecule is Cc1cc(OC(C)C)ccc1NC1CC2CC=CC21. The smallest absolute Gasteiger partial charge is 0.120 e. The molecule has 2 nitrogen and oxygen atoms in total. The van der Waals surface area contributed by atoms with Crippen LogP contribution >= 0.6 is 0 Å². The van der Waals surface area contributed by atoms with Gasteiger partial charge in [0.2, 0.25) is 0 Å². The van der Waals surface area contributed by atoms with E-state index < -0.39 is 0 Å². The minimum absolute atomic E-state index is 0.231. The Morgan fingerprint density at radius 3 is 2.84 bits per heavy atom. The third kappa shape index (κ3) is 2.49. The molecule has 1 N–H and O–H groups in total. The number of allylic oxidation sites excluding steroid dienone is 1. The minimum atomic E-state index is 0.231. The van der Waals surface area contributed by atoms with Crippen LogP contribution in [0.1, 0.15) is 32.3 Å². The van der Waals surface area contributed by atoms with Gasteiger partial charge in [-0.25, -0.2) is 0 Å². The van der Waals surface area contributed by atoms with Crippen molar-refractivity contribution in [2.75, 3.05) is 5.32 Å². The standard InChI is InChI=1S/C17H23NO/c1-11(2)19-14-7-8-16(12(3)9-14)18-17-10-13-5-4-6-15(13)17/h4,6-9,11,13,15,17-18H,5,10H2,1-3H3. The third-order valence-corrected chi connectivity index (χ3v) is 4.27. The van der Waals surface area contributed by atoms with Crippen molar-refractivity contribution in [2.45, 2.75) is 45.8 Å². The van der Waals surface area contributed by atoms with Gasteiger partial charge in [0, 0.05) is 17.6 Å². The number of aryl methyl sites for hydroxylation is 1. The van der Waals surface area contributed by atoms with Crippen molar-refractivity contribution in [1.82, 2.24) is 0 Å². The Morgan fingerprint density at radius 2 is 2.16 bits per heavy atom. The molecule has 1 saturated carbocycles. The first-order valence-electron chi connectivity index (χ1n) is 7.34. The van der Waals surface area contributed by atoms with Gasteiger partial charge >= 0.3 is 0 Å². The van der Waals surface area contributed by atoms with Crippen molar-refractivity contribution >= 4 is 5.69 Å². The average Bonchev–Trinajstić information content (AvgIpc) is 2.69. The third-order valence-electron chi connectivity index (χ3n) is 4.27. The molecular weight excluding hydrogens is 234 g/mol. The predicted molar refractivity (Wildman–Crippen MR) is 79.7 cm³/mol. The number of benzene rings is 1. The molecule has 1 aromatic carbocycles. The first-order chi connectivity index (χ1) is 9.13. The second kappa shape index (κ2) is 4.92. The number of ether oxygens (including phenoxy) is 1. The molecule has 1 aromatic rings. The number of anilines is 1.